The lowest BCUT2D eigenvalue weighted by molar-refractivity contribution is 1.75. The van der Waals surface area contributed by atoms with Crippen molar-refractivity contribution in [3.05, 3.63) is 18.2 Å². The molecule has 0 aliphatic heterocycles. The van der Waals surface area contributed by atoms with Crippen LogP contribution in [0.2, 0.25) is 0 Å². The molecule has 0 spiro atoms. The van der Waals surface area contributed by atoms with E-state index in [9.17, 15) is 0 Å². The van der Waals surface area contributed by atoms with Crippen molar-refractivity contribution in [3.63, 3.8) is 0 Å². The summed E-state index contributed by atoms with van der Waals surface area (Å²) in [7, 11) is 3.03. The van der Waals surface area contributed by atoms with Crippen molar-refractivity contribution in [1.82, 2.24) is 0 Å². The Morgan fingerprint density at radius 2 is 2.33 bits per heavy atom. The molecule has 0 fully saturated rings. The highest BCUT2D eigenvalue weighted by Gasteiger charge is 1.46. The Hall–Kier alpha value is -0.310. The fraction of sp³-hybridized carbons (Fsp3) is 0.200. The van der Waals surface area contributed by atoms with Crippen LogP contribution in [0, 0.1) is 0 Å². The van der Waals surface area contributed by atoms with Gasteiger partial charge in [0.2, 0.25) is 0 Å². The van der Waals surface area contributed by atoms with Crippen LogP contribution in [-0.2, 0) is 0 Å². The monoisotopic (exact) mass is 98.0 g/mol. The summed E-state index contributed by atoms with van der Waals surface area (Å²) in [5.41, 5.74) is 2.66. The predicted molar refractivity (Wildman–Crippen MR) is 32.7 cm³/mol. The zero-order valence-electron chi connectivity index (χ0n) is 3.73. The minimum Gasteiger partial charge on any atom is -0.0973 e. The second-order valence-corrected chi connectivity index (χ2v) is 1.13. The molecule has 0 aromatic carbocycles. The molecule has 0 nitrogen and oxygen atoms in total. The van der Waals surface area contributed by atoms with Crippen molar-refractivity contribution in [3.8, 4) is 0 Å². The first-order chi connectivity index (χ1) is 2.91. The maximum atomic E-state index is 3.03. The van der Waals surface area contributed by atoms with Gasteiger partial charge in [-0.3, -0.25) is 0 Å². The molecule has 0 aromatic rings. The zero-order chi connectivity index (χ0) is 4.83. The van der Waals surface area contributed by atoms with Crippen LogP contribution in [0.4, 0.5) is 0 Å². The summed E-state index contributed by atoms with van der Waals surface area (Å²) in [6, 6.07) is 0. The smallest absolute Gasteiger partial charge is 0.0161 e. The van der Waals surface area contributed by atoms with Crippen LogP contribution < -0.4 is 0 Å². The Bertz CT molecular complexity index is 86.1. The molecule has 0 aromatic heterocycles. The van der Waals surface area contributed by atoms with E-state index < -0.39 is 0 Å². The summed E-state index contributed by atoms with van der Waals surface area (Å²) in [6.45, 7) is 1.96. The summed E-state index contributed by atoms with van der Waals surface area (Å²) < 4.78 is 0. The van der Waals surface area contributed by atoms with Gasteiger partial charge in [0, 0.05) is 0 Å². The van der Waals surface area contributed by atoms with Crippen LogP contribution in [0.1, 0.15) is 6.92 Å². The molecule has 1 heteroatoms. The molecular weight excluding hydrogens is 91.0 g/mol. The molecular formula is C5H7P. The highest BCUT2D eigenvalue weighted by Crippen LogP contribution is 1.66. The second-order valence-electron chi connectivity index (χ2n) is 0.837. The molecule has 0 aliphatic carbocycles. The Kier molecular flexibility index (Phi) is 4.45. The summed E-state index contributed by atoms with van der Waals surface area (Å²) >= 11 is 0. The minimum atomic E-state index is 1.79. The van der Waals surface area contributed by atoms with Crippen molar-refractivity contribution in [2.45, 2.75) is 6.92 Å². The second kappa shape index (κ2) is 4.69. The minimum absolute atomic E-state index is 1.79. The highest BCUT2D eigenvalue weighted by molar-refractivity contribution is 7.17. The van der Waals surface area contributed by atoms with Gasteiger partial charge in [0.15, 0.2) is 0 Å². The maximum absolute atomic E-state index is 3.03. The van der Waals surface area contributed by atoms with Crippen LogP contribution >= 0.6 is 8.86 Å². The van der Waals surface area contributed by atoms with Crippen LogP contribution in [0.3, 0.4) is 0 Å². The lowest BCUT2D eigenvalue weighted by Crippen LogP contribution is -1.40. The van der Waals surface area contributed by atoms with E-state index in [-0.39, 0.29) is 0 Å². The molecule has 0 atom stereocenters. The Labute approximate surface area is 40.4 Å². The molecule has 0 radical (unpaired) electrons. The van der Waals surface area contributed by atoms with E-state index in [0.717, 1.165) is 0 Å². The standard InChI is InChI=1S/C5H7P/c1-2-3-4-5-6/h2-4,6H,1H3. The van der Waals surface area contributed by atoms with Crippen LogP contribution in [0.5, 0.6) is 0 Å². The van der Waals surface area contributed by atoms with Crippen molar-refractivity contribution in [2.24, 2.45) is 0 Å². The molecule has 0 aliphatic rings. The molecule has 6 heavy (non-hydrogen) atoms. The Morgan fingerprint density at radius 1 is 1.67 bits per heavy atom. The normalized spacial score (nSPS) is 8.17. The SMILES string of the molecule is CC=CC=C=P. The molecule has 0 rings (SSSR count). The molecule has 0 unspecified atom stereocenters. The van der Waals surface area contributed by atoms with Gasteiger partial charge in [-0.05, 0) is 13.0 Å². The van der Waals surface area contributed by atoms with E-state index >= 15 is 0 Å². The van der Waals surface area contributed by atoms with Gasteiger partial charge in [-0.1, -0.05) is 26.5 Å². The third kappa shape index (κ3) is 3.69. The molecule has 0 saturated heterocycles. The quantitative estimate of drug-likeness (QED) is 0.345. The first-order valence-electron chi connectivity index (χ1n) is 1.78. The van der Waals surface area contributed by atoms with Crippen molar-refractivity contribution in [2.75, 3.05) is 0 Å². The fourth-order valence-corrected chi connectivity index (χ4v) is 0.241. The van der Waals surface area contributed by atoms with Crippen molar-refractivity contribution < 1.29 is 0 Å². The zero-order valence-corrected chi connectivity index (χ0v) is 4.73. The average Bonchev–Trinajstić information content (AvgIpc) is 1.61. The third-order valence-corrected chi connectivity index (χ3v) is 0.539. The van der Waals surface area contributed by atoms with Crippen molar-refractivity contribution >= 4 is 14.3 Å². The summed E-state index contributed by atoms with van der Waals surface area (Å²) in [5, 5.41) is 0. The van der Waals surface area contributed by atoms with Gasteiger partial charge < -0.3 is 0 Å². The maximum Gasteiger partial charge on any atom is -0.0161 e. The van der Waals surface area contributed by atoms with Gasteiger partial charge in [-0.2, -0.15) is 0 Å². The summed E-state index contributed by atoms with van der Waals surface area (Å²) in [6.07, 6.45) is 5.62. The van der Waals surface area contributed by atoms with Crippen LogP contribution in [-0.4, -0.2) is 5.45 Å². The van der Waals surface area contributed by atoms with Gasteiger partial charge >= 0.3 is 0 Å². The van der Waals surface area contributed by atoms with Crippen LogP contribution in [0.25, 0.3) is 0 Å². The van der Waals surface area contributed by atoms with E-state index in [4.69, 9.17) is 0 Å². The predicted octanol–water partition coefficient (Wildman–Crippen LogP) is 1.66. The van der Waals surface area contributed by atoms with E-state index in [2.05, 4.69) is 14.3 Å². The van der Waals surface area contributed by atoms with E-state index in [0.29, 0.717) is 0 Å². The first-order valence-corrected chi connectivity index (χ1v) is 2.28. The van der Waals surface area contributed by atoms with E-state index in [1.807, 2.05) is 19.1 Å². The molecule has 0 bridgehead atoms. The van der Waals surface area contributed by atoms with Gasteiger partial charge in [-0.25, -0.2) is 0 Å². The molecule has 0 N–H and O–H groups in total. The largest absolute Gasteiger partial charge is 0.0973 e. The summed E-state index contributed by atoms with van der Waals surface area (Å²) in [4.78, 5) is 0. The number of rotatable bonds is 1. The molecule has 0 amide bonds. The Morgan fingerprint density at radius 3 is 2.50 bits per heavy atom. The number of hydrogen-bond donors (Lipinski definition) is 0. The van der Waals surface area contributed by atoms with E-state index in [1.165, 1.54) is 0 Å². The lowest BCUT2D eigenvalue weighted by Gasteiger charge is -1.57. The van der Waals surface area contributed by atoms with Gasteiger partial charge in [0.1, 0.15) is 0 Å². The topological polar surface area (TPSA) is 0 Å². The summed E-state index contributed by atoms with van der Waals surface area (Å²) in [5.74, 6) is 0. The molecule has 0 saturated carbocycles. The van der Waals surface area contributed by atoms with Gasteiger partial charge in [0.05, 0.1) is 0 Å². The van der Waals surface area contributed by atoms with Crippen molar-refractivity contribution in [1.29, 1.82) is 0 Å². The van der Waals surface area contributed by atoms with E-state index in [1.54, 1.807) is 6.08 Å². The van der Waals surface area contributed by atoms with Gasteiger partial charge in [0.25, 0.3) is 0 Å². The third-order valence-electron chi connectivity index (χ3n) is 0.372. The van der Waals surface area contributed by atoms with Gasteiger partial charge in [-0.15, -0.1) is 0 Å². The number of hydrogen-bond acceptors (Lipinski definition) is 0. The first kappa shape index (κ1) is 5.69. The average molecular weight is 98.1 g/mol. The fourth-order valence-electron chi connectivity index (χ4n) is 0.144. The number of allylic oxidation sites excluding steroid dienone is 3. The lowest BCUT2D eigenvalue weighted by atomic mass is 10.5. The molecule has 32 valence electrons. The highest BCUT2D eigenvalue weighted by atomic mass is 31.0. The molecule has 0 heterocycles. The van der Waals surface area contributed by atoms with Crippen LogP contribution in [0.15, 0.2) is 18.2 Å². The Balaban J connectivity index is 3.33.